The van der Waals surface area contributed by atoms with Gasteiger partial charge in [0.1, 0.15) is 11.4 Å². The number of esters is 1. The molecule has 0 saturated carbocycles. The Morgan fingerprint density at radius 2 is 1.93 bits per heavy atom. The Balaban J connectivity index is 1.86. The van der Waals surface area contributed by atoms with Gasteiger partial charge in [0.25, 0.3) is 0 Å². The van der Waals surface area contributed by atoms with Crippen molar-refractivity contribution in [3.8, 4) is 0 Å². The highest BCUT2D eigenvalue weighted by atomic mass is 16.5. The van der Waals surface area contributed by atoms with Crippen molar-refractivity contribution in [2.24, 2.45) is 0 Å². The molecule has 8 nitrogen and oxygen atoms in total. The van der Waals surface area contributed by atoms with Crippen LogP contribution in [0.3, 0.4) is 0 Å². The first-order chi connectivity index (χ1) is 13.5. The molecule has 0 aliphatic rings. The first-order valence-electron chi connectivity index (χ1n) is 8.96. The van der Waals surface area contributed by atoms with Crippen molar-refractivity contribution in [3.63, 3.8) is 0 Å². The minimum Gasteiger partial charge on any atom is -0.462 e. The molecule has 28 heavy (non-hydrogen) atoms. The zero-order valence-corrected chi connectivity index (χ0v) is 15.7. The molecule has 0 spiro atoms. The lowest BCUT2D eigenvalue weighted by Gasteiger charge is -2.14. The number of ether oxygens (including phenoxy) is 1. The monoisotopic (exact) mass is 382 g/mol. The summed E-state index contributed by atoms with van der Waals surface area (Å²) in [5.41, 5.74) is 0.755. The van der Waals surface area contributed by atoms with E-state index in [1.807, 2.05) is 36.4 Å². The van der Waals surface area contributed by atoms with Gasteiger partial charge in [-0.3, -0.25) is 5.32 Å². The van der Waals surface area contributed by atoms with Gasteiger partial charge in [0.2, 0.25) is 0 Å². The molecule has 1 heterocycles. The average molecular weight is 382 g/mol. The minimum atomic E-state index is -0.711. The van der Waals surface area contributed by atoms with E-state index in [2.05, 4.69) is 15.7 Å². The molecule has 1 aromatic heterocycles. The second-order valence-corrected chi connectivity index (χ2v) is 6.26. The van der Waals surface area contributed by atoms with E-state index in [0.29, 0.717) is 5.69 Å². The highest BCUT2D eigenvalue weighted by Gasteiger charge is 2.21. The van der Waals surface area contributed by atoms with Crippen LogP contribution in [0, 0.1) is 0 Å². The number of carbonyl (C=O) groups is 2. The lowest BCUT2D eigenvalue weighted by molar-refractivity contribution is 0.0527. The topological polar surface area (TPSA) is 105 Å². The van der Waals surface area contributed by atoms with Crippen molar-refractivity contribution in [3.05, 3.63) is 54.2 Å². The molecule has 2 aromatic carbocycles. The Morgan fingerprint density at radius 3 is 2.68 bits per heavy atom. The van der Waals surface area contributed by atoms with Gasteiger partial charge >= 0.3 is 12.0 Å². The fourth-order valence-corrected chi connectivity index (χ4v) is 2.86. The van der Waals surface area contributed by atoms with Gasteiger partial charge in [-0.15, -0.1) is 0 Å². The normalized spacial score (nSPS) is 11.8. The van der Waals surface area contributed by atoms with Crippen molar-refractivity contribution >= 4 is 34.3 Å². The number of nitrogens with zero attached hydrogens (tertiary/aromatic N) is 2. The van der Waals surface area contributed by atoms with E-state index < -0.39 is 18.1 Å². The van der Waals surface area contributed by atoms with Gasteiger partial charge < -0.3 is 15.2 Å². The van der Waals surface area contributed by atoms with Crippen molar-refractivity contribution in [2.75, 3.05) is 17.2 Å². The summed E-state index contributed by atoms with van der Waals surface area (Å²) in [6, 6.07) is 12.7. The standard InChI is InChI=1S/C20H22N4O4/c1-3-28-19(26)16-11-21-24(12-13(2)25)18(16)23-20(27)22-17-10-6-8-14-7-4-5-9-15(14)17/h4-11,13,25H,3,12H2,1-2H3,(H2,22,23,27). The van der Waals surface area contributed by atoms with Gasteiger partial charge in [0, 0.05) is 5.39 Å². The summed E-state index contributed by atoms with van der Waals surface area (Å²) in [5.74, 6) is -0.433. The Morgan fingerprint density at radius 1 is 1.18 bits per heavy atom. The van der Waals surface area contributed by atoms with Crippen LogP contribution in [0.25, 0.3) is 10.8 Å². The number of rotatable bonds is 6. The first-order valence-corrected chi connectivity index (χ1v) is 8.96. The van der Waals surface area contributed by atoms with Gasteiger partial charge in [-0.05, 0) is 25.3 Å². The molecule has 0 bridgehead atoms. The van der Waals surface area contributed by atoms with E-state index in [-0.39, 0.29) is 24.5 Å². The fourth-order valence-electron chi connectivity index (χ4n) is 2.86. The number of nitrogens with one attached hydrogen (secondary N) is 2. The van der Waals surface area contributed by atoms with Gasteiger partial charge in [0.15, 0.2) is 0 Å². The number of aliphatic hydroxyl groups is 1. The molecule has 0 aliphatic heterocycles. The van der Waals surface area contributed by atoms with Crippen molar-refractivity contribution in [2.45, 2.75) is 26.5 Å². The quantitative estimate of drug-likeness (QED) is 0.568. The first kappa shape index (κ1) is 19.4. The van der Waals surface area contributed by atoms with Gasteiger partial charge in [0.05, 0.1) is 31.1 Å². The Labute approximate surface area is 162 Å². The smallest absolute Gasteiger partial charge is 0.343 e. The second kappa shape index (κ2) is 8.53. The van der Waals surface area contributed by atoms with Crippen molar-refractivity contribution in [1.82, 2.24) is 9.78 Å². The molecule has 0 radical (unpaired) electrons. The van der Waals surface area contributed by atoms with E-state index in [1.54, 1.807) is 19.9 Å². The van der Waals surface area contributed by atoms with Crippen molar-refractivity contribution in [1.29, 1.82) is 0 Å². The van der Waals surface area contributed by atoms with Crippen LogP contribution in [0.2, 0.25) is 0 Å². The van der Waals surface area contributed by atoms with E-state index in [9.17, 15) is 14.7 Å². The van der Waals surface area contributed by atoms with Crippen LogP contribution in [0.5, 0.6) is 0 Å². The Kier molecular flexibility index (Phi) is 5.90. The zero-order valence-electron chi connectivity index (χ0n) is 15.7. The largest absolute Gasteiger partial charge is 0.462 e. The molecule has 1 atom stereocenters. The Bertz CT molecular complexity index is 992. The molecule has 2 amide bonds. The maximum Gasteiger partial charge on any atom is 0.343 e. The third-order valence-corrected chi connectivity index (χ3v) is 4.04. The number of fused-ring (bicyclic) bond motifs is 1. The van der Waals surface area contributed by atoms with Crippen LogP contribution in [0.1, 0.15) is 24.2 Å². The summed E-state index contributed by atoms with van der Waals surface area (Å²) in [7, 11) is 0. The van der Waals surface area contributed by atoms with Crippen LogP contribution in [0.4, 0.5) is 16.3 Å². The highest BCUT2D eigenvalue weighted by Crippen LogP contribution is 2.24. The van der Waals surface area contributed by atoms with Crippen LogP contribution in [-0.2, 0) is 11.3 Å². The summed E-state index contributed by atoms with van der Waals surface area (Å²) in [5, 5.41) is 21.1. The molecule has 8 heteroatoms. The second-order valence-electron chi connectivity index (χ2n) is 6.26. The zero-order chi connectivity index (χ0) is 20.1. The summed E-state index contributed by atoms with van der Waals surface area (Å²) < 4.78 is 6.38. The molecular formula is C20H22N4O4. The van der Waals surface area contributed by atoms with E-state index in [0.717, 1.165) is 10.8 Å². The number of urea groups is 1. The van der Waals surface area contributed by atoms with E-state index in [1.165, 1.54) is 10.9 Å². The molecule has 0 aliphatic carbocycles. The van der Waals surface area contributed by atoms with Crippen LogP contribution < -0.4 is 10.6 Å². The number of aromatic nitrogens is 2. The van der Waals surface area contributed by atoms with Gasteiger partial charge in [-0.25, -0.2) is 14.3 Å². The number of aliphatic hydroxyl groups excluding tert-OH is 1. The van der Waals surface area contributed by atoms with E-state index in [4.69, 9.17) is 4.74 Å². The van der Waals surface area contributed by atoms with Crippen LogP contribution in [0.15, 0.2) is 48.7 Å². The minimum absolute atomic E-state index is 0.114. The summed E-state index contributed by atoms with van der Waals surface area (Å²) in [6.07, 6.45) is 0.602. The molecule has 1 unspecified atom stereocenters. The molecule has 146 valence electrons. The summed E-state index contributed by atoms with van der Waals surface area (Å²) in [4.78, 5) is 24.8. The number of hydrogen-bond donors (Lipinski definition) is 3. The molecule has 0 saturated heterocycles. The summed E-state index contributed by atoms with van der Waals surface area (Å²) in [6.45, 7) is 3.59. The molecule has 3 aromatic rings. The lowest BCUT2D eigenvalue weighted by Crippen LogP contribution is -2.25. The molecular weight excluding hydrogens is 360 g/mol. The lowest BCUT2D eigenvalue weighted by atomic mass is 10.1. The Hall–Kier alpha value is -3.39. The average Bonchev–Trinajstić information content (AvgIpc) is 3.04. The predicted molar refractivity (Wildman–Crippen MR) is 106 cm³/mol. The third-order valence-electron chi connectivity index (χ3n) is 4.04. The fraction of sp³-hybridized carbons (Fsp3) is 0.250. The highest BCUT2D eigenvalue weighted by molar-refractivity contribution is 6.08. The number of amides is 2. The number of anilines is 2. The van der Waals surface area contributed by atoms with Crippen LogP contribution in [-0.4, -0.2) is 39.6 Å². The molecule has 3 N–H and O–H groups in total. The third kappa shape index (κ3) is 4.29. The maximum absolute atomic E-state index is 12.6. The molecule has 0 fully saturated rings. The molecule has 3 rings (SSSR count). The van der Waals surface area contributed by atoms with Gasteiger partial charge in [-0.1, -0.05) is 36.4 Å². The van der Waals surface area contributed by atoms with Crippen molar-refractivity contribution < 1.29 is 19.4 Å². The van der Waals surface area contributed by atoms with E-state index >= 15 is 0 Å². The van der Waals surface area contributed by atoms with Gasteiger partial charge in [-0.2, -0.15) is 5.10 Å². The number of carbonyl (C=O) groups excluding carboxylic acids is 2. The summed E-state index contributed by atoms with van der Waals surface area (Å²) >= 11 is 0. The van der Waals surface area contributed by atoms with Crippen LogP contribution >= 0.6 is 0 Å². The predicted octanol–water partition coefficient (Wildman–Crippen LogP) is 3.24. The number of benzene rings is 2. The SMILES string of the molecule is CCOC(=O)c1cnn(CC(C)O)c1NC(=O)Nc1cccc2ccccc12. The maximum atomic E-state index is 12.6. The number of hydrogen-bond acceptors (Lipinski definition) is 5.